The number of hydrogen-bond acceptors (Lipinski definition) is 2. The zero-order valence-electron chi connectivity index (χ0n) is 10.4. The zero-order chi connectivity index (χ0) is 12.8. The molecule has 0 amide bonds. The topological polar surface area (TPSA) is 24.9 Å². The first kappa shape index (κ1) is 12.7. The molecule has 1 unspecified atom stereocenters. The van der Waals surface area contributed by atoms with Crippen LogP contribution in [0.1, 0.15) is 30.6 Å². The number of pyridine rings is 1. The predicted molar refractivity (Wildman–Crippen MR) is 70.5 cm³/mol. The minimum atomic E-state index is -0.196. The van der Waals surface area contributed by atoms with Crippen LogP contribution in [0.5, 0.6) is 0 Å². The fourth-order valence-corrected chi connectivity index (χ4v) is 1.92. The Bertz CT molecular complexity index is 468. The van der Waals surface area contributed by atoms with Gasteiger partial charge in [-0.1, -0.05) is 25.1 Å². The fourth-order valence-electron chi connectivity index (χ4n) is 1.92. The first-order chi connectivity index (χ1) is 8.79. The molecule has 0 aliphatic rings. The molecule has 1 N–H and O–H groups in total. The van der Waals surface area contributed by atoms with Gasteiger partial charge in [0.1, 0.15) is 5.82 Å². The summed E-state index contributed by atoms with van der Waals surface area (Å²) in [4.78, 5) is 4.27. The first-order valence-corrected chi connectivity index (χ1v) is 6.18. The van der Waals surface area contributed by atoms with Crippen molar-refractivity contribution in [3.05, 3.63) is 65.7 Å². The molecule has 2 nitrogen and oxygen atoms in total. The smallest absolute Gasteiger partial charge is 0.123 e. The Labute approximate surface area is 107 Å². The number of rotatable bonds is 5. The Morgan fingerprint density at radius 3 is 2.56 bits per heavy atom. The number of hydrogen-bond donors (Lipinski definition) is 1. The second-order valence-corrected chi connectivity index (χ2v) is 4.21. The highest BCUT2D eigenvalue weighted by Crippen LogP contribution is 2.17. The van der Waals surface area contributed by atoms with E-state index < -0.39 is 0 Å². The third-order valence-corrected chi connectivity index (χ3v) is 2.94. The number of nitrogens with one attached hydrogen (secondary N) is 1. The molecule has 0 bridgehead atoms. The van der Waals surface area contributed by atoms with E-state index in [-0.39, 0.29) is 11.9 Å². The molecule has 0 aliphatic carbocycles. The van der Waals surface area contributed by atoms with Crippen molar-refractivity contribution in [2.75, 3.05) is 0 Å². The van der Waals surface area contributed by atoms with Crippen LogP contribution in [0, 0.1) is 5.82 Å². The molecule has 18 heavy (non-hydrogen) atoms. The van der Waals surface area contributed by atoms with Gasteiger partial charge < -0.3 is 5.32 Å². The summed E-state index contributed by atoms with van der Waals surface area (Å²) in [5.41, 5.74) is 2.12. The predicted octanol–water partition coefficient (Wildman–Crippen LogP) is 3.46. The Kier molecular flexibility index (Phi) is 4.42. The van der Waals surface area contributed by atoms with Gasteiger partial charge in [0.25, 0.3) is 0 Å². The number of nitrogens with zero attached hydrogens (tertiary/aromatic N) is 1. The van der Waals surface area contributed by atoms with Gasteiger partial charge in [0, 0.05) is 18.8 Å². The number of aromatic nitrogens is 1. The molecule has 94 valence electrons. The molecule has 0 fully saturated rings. The summed E-state index contributed by atoms with van der Waals surface area (Å²) in [5.74, 6) is -0.196. The molecule has 1 atom stereocenters. The van der Waals surface area contributed by atoms with Crippen LogP contribution in [0.4, 0.5) is 4.39 Å². The minimum absolute atomic E-state index is 0.196. The van der Waals surface area contributed by atoms with Crippen molar-refractivity contribution in [1.82, 2.24) is 10.3 Å². The highest BCUT2D eigenvalue weighted by molar-refractivity contribution is 5.20. The van der Waals surface area contributed by atoms with E-state index in [1.54, 1.807) is 6.20 Å². The molecule has 1 heterocycles. The maximum absolute atomic E-state index is 12.9. The van der Waals surface area contributed by atoms with Crippen LogP contribution in [-0.4, -0.2) is 4.98 Å². The normalized spacial score (nSPS) is 12.3. The molecule has 0 saturated carbocycles. The zero-order valence-corrected chi connectivity index (χ0v) is 10.4. The van der Waals surface area contributed by atoms with E-state index in [2.05, 4.69) is 17.2 Å². The van der Waals surface area contributed by atoms with Gasteiger partial charge in [0.05, 0.1) is 5.69 Å². The second kappa shape index (κ2) is 6.26. The SMILES string of the molecule is CCC(NCc1ccccn1)c1ccc(F)cc1. The van der Waals surface area contributed by atoms with Gasteiger partial charge in [0.15, 0.2) is 0 Å². The average molecular weight is 244 g/mol. The monoisotopic (exact) mass is 244 g/mol. The molecule has 0 aliphatic heterocycles. The summed E-state index contributed by atoms with van der Waals surface area (Å²) in [6, 6.07) is 12.8. The summed E-state index contributed by atoms with van der Waals surface area (Å²) < 4.78 is 12.9. The maximum Gasteiger partial charge on any atom is 0.123 e. The van der Waals surface area contributed by atoms with Crippen LogP contribution in [0.2, 0.25) is 0 Å². The van der Waals surface area contributed by atoms with E-state index >= 15 is 0 Å². The van der Waals surface area contributed by atoms with E-state index in [0.29, 0.717) is 0 Å². The molecule has 2 aromatic rings. The highest BCUT2D eigenvalue weighted by atomic mass is 19.1. The summed E-state index contributed by atoms with van der Waals surface area (Å²) in [5, 5.41) is 3.44. The van der Waals surface area contributed by atoms with Gasteiger partial charge in [-0.05, 0) is 36.2 Å². The summed E-state index contributed by atoms with van der Waals surface area (Å²) in [6.45, 7) is 2.83. The second-order valence-electron chi connectivity index (χ2n) is 4.21. The van der Waals surface area contributed by atoms with E-state index in [9.17, 15) is 4.39 Å². The van der Waals surface area contributed by atoms with Gasteiger partial charge in [-0.15, -0.1) is 0 Å². The first-order valence-electron chi connectivity index (χ1n) is 6.18. The lowest BCUT2D eigenvalue weighted by Gasteiger charge is -2.17. The van der Waals surface area contributed by atoms with Gasteiger partial charge in [0.2, 0.25) is 0 Å². The van der Waals surface area contributed by atoms with Gasteiger partial charge in [-0.3, -0.25) is 4.98 Å². The lowest BCUT2D eigenvalue weighted by molar-refractivity contribution is 0.513. The van der Waals surface area contributed by atoms with Crippen molar-refractivity contribution in [1.29, 1.82) is 0 Å². The van der Waals surface area contributed by atoms with Crippen LogP contribution in [-0.2, 0) is 6.54 Å². The van der Waals surface area contributed by atoms with Crippen molar-refractivity contribution in [3.8, 4) is 0 Å². The fraction of sp³-hybridized carbons (Fsp3) is 0.267. The van der Waals surface area contributed by atoms with E-state index in [1.807, 2.05) is 30.3 Å². The van der Waals surface area contributed by atoms with Crippen molar-refractivity contribution in [2.24, 2.45) is 0 Å². The Morgan fingerprint density at radius 1 is 1.17 bits per heavy atom. The van der Waals surface area contributed by atoms with E-state index in [1.165, 1.54) is 12.1 Å². The van der Waals surface area contributed by atoms with Crippen molar-refractivity contribution >= 4 is 0 Å². The molecular formula is C15H17FN2. The summed E-state index contributed by atoms with van der Waals surface area (Å²) in [7, 11) is 0. The summed E-state index contributed by atoms with van der Waals surface area (Å²) in [6.07, 6.45) is 2.74. The highest BCUT2D eigenvalue weighted by Gasteiger charge is 2.08. The van der Waals surface area contributed by atoms with Gasteiger partial charge >= 0.3 is 0 Å². The third kappa shape index (κ3) is 3.37. The Morgan fingerprint density at radius 2 is 1.94 bits per heavy atom. The standard InChI is InChI=1S/C15H17FN2/c1-2-15(12-6-8-13(16)9-7-12)18-11-14-5-3-4-10-17-14/h3-10,15,18H,2,11H2,1H3. The molecule has 0 spiro atoms. The molecule has 2 rings (SSSR count). The van der Waals surface area contributed by atoms with E-state index in [0.717, 1.165) is 24.2 Å². The number of halogens is 1. The van der Waals surface area contributed by atoms with E-state index in [4.69, 9.17) is 0 Å². The average Bonchev–Trinajstić information content (AvgIpc) is 2.42. The van der Waals surface area contributed by atoms with Crippen molar-refractivity contribution in [3.63, 3.8) is 0 Å². The van der Waals surface area contributed by atoms with Crippen LogP contribution >= 0.6 is 0 Å². The molecule has 1 aromatic carbocycles. The molecule has 0 radical (unpaired) electrons. The Hall–Kier alpha value is -1.74. The van der Waals surface area contributed by atoms with Crippen molar-refractivity contribution < 1.29 is 4.39 Å². The molecule has 3 heteroatoms. The maximum atomic E-state index is 12.9. The Balaban J connectivity index is 1.99. The molecule has 1 aromatic heterocycles. The lowest BCUT2D eigenvalue weighted by Crippen LogP contribution is -2.20. The van der Waals surface area contributed by atoms with Crippen LogP contribution in [0.25, 0.3) is 0 Å². The van der Waals surface area contributed by atoms with Crippen molar-refractivity contribution in [2.45, 2.75) is 25.9 Å². The molecular weight excluding hydrogens is 227 g/mol. The van der Waals surface area contributed by atoms with Gasteiger partial charge in [-0.2, -0.15) is 0 Å². The van der Waals surface area contributed by atoms with Crippen LogP contribution in [0.15, 0.2) is 48.7 Å². The quantitative estimate of drug-likeness (QED) is 0.871. The largest absolute Gasteiger partial charge is 0.304 e. The minimum Gasteiger partial charge on any atom is -0.304 e. The van der Waals surface area contributed by atoms with Gasteiger partial charge in [-0.25, -0.2) is 4.39 Å². The van der Waals surface area contributed by atoms with Crippen LogP contribution in [0.3, 0.4) is 0 Å². The summed E-state index contributed by atoms with van der Waals surface area (Å²) >= 11 is 0. The third-order valence-electron chi connectivity index (χ3n) is 2.94. The lowest BCUT2D eigenvalue weighted by atomic mass is 10.0. The number of benzene rings is 1. The molecule has 0 saturated heterocycles. The van der Waals surface area contributed by atoms with Crippen LogP contribution < -0.4 is 5.32 Å².